The normalized spacial score (nSPS) is 20.6. The van der Waals surface area contributed by atoms with Gasteiger partial charge >= 0.3 is 6.09 Å². The van der Waals surface area contributed by atoms with Crippen LogP contribution in [0.1, 0.15) is 26.7 Å². The van der Waals surface area contributed by atoms with Gasteiger partial charge in [-0.2, -0.15) is 0 Å². The Kier molecular flexibility index (Phi) is 3.75. The zero-order chi connectivity index (χ0) is 10.6. The molecule has 0 spiro atoms. The predicted octanol–water partition coefficient (Wildman–Crippen LogP) is 1.20. The Bertz CT molecular complexity index is 198. The van der Waals surface area contributed by atoms with E-state index in [2.05, 4.69) is 6.92 Å². The van der Waals surface area contributed by atoms with Crippen LogP contribution in [0.15, 0.2) is 0 Å². The first-order valence-corrected chi connectivity index (χ1v) is 5.23. The van der Waals surface area contributed by atoms with Crippen molar-refractivity contribution in [1.29, 1.82) is 0 Å². The molecule has 4 heteroatoms. The van der Waals surface area contributed by atoms with Crippen LogP contribution in [0, 0.1) is 5.41 Å². The summed E-state index contributed by atoms with van der Waals surface area (Å²) < 4.78 is 4.94. The number of carbonyl (C=O) groups excluding carboxylic acids is 1. The van der Waals surface area contributed by atoms with E-state index in [1.807, 2.05) is 6.92 Å². The largest absolute Gasteiger partial charge is 0.450 e. The quantitative estimate of drug-likeness (QED) is 0.728. The number of likely N-dealkylation sites (tertiary alicyclic amines) is 1. The molecule has 0 atom stereocenters. The number of piperidine rings is 1. The van der Waals surface area contributed by atoms with Gasteiger partial charge in [-0.25, -0.2) is 4.79 Å². The summed E-state index contributed by atoms with van der Waals surface area (Å²) in [4.78, 5) is 13.1. The van der Waals surface area contributed by atoms with Crippen LogP contribution >= 0.6 is 0 Å². The van der Waals surface area contributed by atoms with E-state index in [1.165, 1.54) is 0 Å². The van der Waals surface area contributed by atoms with Crippen molar-refractivity contribution in [1.82, 2.24) is 4.90 Å². The Morgan fingerprint density at radius 1 is 1.50 bits per heavy atom. The van der Waals surface area contributed by atoms with E-state index in [1.54, 1.807) is 4.90 Å². The van der Waals surface area contributed by atoms with E-state index in [0.717, 1.165) is 25.9 Å². The van der Waals surface area contributed by atoms with Crippen molar-refractivity contribution in [3.8, 4) is 0 Å². The maximum absolute atomic E-state index is 11.4. The monoisotopic (exact) mass is 200 g/mol. The molecule has 0 radical (unpaired) electrons. The standard InChI is InChI=1S/C10H20N2O2/c1-3-14-9(13)12-6-4-10(2,8-11)5-7-12/h3-8,11H2,1-2H3. The molecule has 1 rings (SSSR count). The smallest absolute Gasteiger partial charge is 0.409 e. The summed E-state index contributed by atoms with van der Waals surface area (Å²) in [6.07, 6.45) is 1.76. The number of amides is 1. The lowest BCUT2D eigenvalue weighted by Gasteiger charge is -2.37. The molecule has 1 aliphatic rings. The predicted molar refractivity (Wildman–Crippen MR) is 55.0 cm³/mol. The molecule has 0 aromatic rings. The molecule has 1 fully saturated rings. The lowest BCUT2D eigenvalue weighted by molar-refractivity contribution is 0.0759. The Labute approximate surface area is 85.4 Å². The summed E-state index contributed by atoms with van der Waals surface area (Å²) in [5.41, 5.74) is 5.89. The molecule has 1 amide bonds. The van der Waals surface area contributed by atoms with Gasteiger partial charge in [0.2, 0.25) is 0 Å². The molecule has 82 valence electrons. The van der Waals surface area contributed by atoms with Gasteiger partial charge in [0, 0.05) is 13.1 Å². The van der Waals surface area contributed by atoms with Crippen LogP contribution in [0.4, 0.5) is 4.79 Å². The van der Waals surface area contributed by atoms with Gasteiger partial charge in [-0.15, -0.1) is 0 Å². The van der Waals surface area contributed by atoms with Gasteiger partial charge in [-0.05, 0) is 31.7 Å². The fraction of sp³-hybridized carbons (Fsp3) is 0.900. The van der Waals surface area contributed by atoms with Gasteiger partial charge in [-0.1, -0.05) is 6.92 Å². The van der Waals surface area contributed by atoms with Crippen LogP contribution < -0.4 is 5.73 Å². The van der Waals surface area contributed by atoms with Gasteiger partial charge in [0.15, 0.2) is 0 Å². The first kappa shape index (κ1) is 11.3. The van der Waals surface area contributed by atoms with E-state index < -0.39 is 0 Å². The van der Waals surface area contributed by atoms with E-state index in [4.69, 9.17) is 10.5 Å². The highest BCUT2D eigenvalue weighted by Gasteiger charge is 2.30. The molecular weight excluding hydrogens is 180 g/mol. The van der Waals surface area contributed by atoms with Crippen molar-refractivity contribution >= 4 is 6.09 Å². The van der Waals surface area contributed by atoms with Crippen molar-refractivity contribution in [3.05, 3.63) is 0 Å². The third-order valence-electron chi connectivity index (χ3n) is 2.99. The zero-order valence-corrected chi connectivity index (χ0v) is 9.08. The van der Waals surface area contributed by atoms with Crippen molar-refractivity contribution < 1.29 is 9.53 Å². The highest BCUT2D eigenvalue weighted by atomic mass is 16.6. The minimum atomic E-state index is -0.188. The topological polar surface area (TPSA) is 55.6 Å². The van der Waals surface area contributed by atoms with E-state index in [0.29, 0.717) is 13.2 Å². The molecule has 1 aliphatic heterocycles. The van der Waals surface area contributed by atoms with E-state index in [9.17, 15) is 4.79 Å². The third kappa shape index (κ3) is 2.61. The van der Waals surface area contributed by atoms with Crippen molar-refractivity contribution in [3.63, 3.8) is 0 Å². The number of nitrogens with two attached hydrogens (primary N) is 1. The first-order valence-electron chi connectivity index (χ1n) is 5.23. The van der Waals surface area contributed by atoms with Crippen LogP contribution in [0.25, 0.3) is 0 Å². The molecule has 0 aliphatic carbocycles. The van der Waals surface area contributed by atoms with Gasteiger partial charge in [0.05, 0.1) is 6.61 Å². The number of ether oxygens (including phenoxy) is 1. The second-order valence-corrected chi connectivity index (χ2v) is 4.20. The molecule has 0 aromatic heterocycles. The summed E-state index contributed by atoms with van der Waals surface area (Å²) in [7, 11) is 0. The van der Waals surface area contributed by atoms with E-state index in [-0.39, 0.29) is 11.5 Å². The van der Waals surface area contributed by atoms with Crippen molar-refractivity contribution in [2.45, 2.75) is 26.7 Å². The minimum Gasteiger partial charge on any atom is -0.450 e. The Morgan fingerprint density at radius 3 is 2.50 bits per heavy atom. The fourth-order valence-corrected chi connectivity index (χ4v) is 1.65. The molecule has 2 N–H and O–H groups in total. The van der Waals surface area contributed by atoms with Crippen LogP contribution in [0.2, 0.25) is 0 Å². The highest BCUT2D eigenvalue weighted by molar-refractivity contribution is 5.67. The molecule has 14 heavy (non-hydrogen) atoms. The van der Waals surface area contributed by atoms with Crippen LogP contribution in [-0.4, -0.2) is 37.2 Å². The Balaban J connectivity index is 2.39. The summed E-state index contributed by atoms with van der Waals surface area (Å²) in [5, 5.41) is 0. The average molecular weight is 200 g/mol. The second kappa shape index (κ2) is 4.64. The number of carbonyl (C=O) groups is 1. The molecule has 1 saturated heterocycles. The SMILES string of the molecule is CCOC(=O)N1CCC(C)(CN)CC1. The average Bonchev–Trinajstić information content (AvgIpc) is 2.19. The summed E-state index contributed by atoms with van der Waals surface area (Å²) >= 11 is 0. The molecule has 0 unspecified atom stereocenters. The minimum absolute atomic E-state index is 0.188. The van der Waals surface area contributed by atoms with E-state index >= 15 is 0 Å². The maximum Gasteiger partial charge on any atom is 0.409 e. The molecular formula is C10H20N2O2. The first-order chi connectivity index (χ1) is 6.61. The molecule has 4 nitrogen and oxygen atoms in total. The van der Waals surface area contributed by atoms with Crippen molar-refractivity contribution in [2.24, 2.45) is 11.1 Å². The van der Waals surface area contributed by atoms with Gasteiger partial charge < -0.3 is 15.4 Å². The molecule has 0 bridgehead atoms. The highest BCUT2D eigenvalue weighted by Crippen LogP contribution is 2.29. The second-order valence-electron chi connectivity index (χ2n) is 4.20. The molecule has 1 heterocycles. The third-order valence-corrected chi connectivity index (χ3v) is 2.99. The van der Waals surface area contributed by atoms with Gasteiger partial charge in [0.25, 0.3) is 0 Å². The summed E-state index contributed by atoms with van der Waals surface area (Å²) in [5.74, 6) is 0. The number of nitrogens with zero attached hydrogens (tertiary/aromatic N) is 1. The van der Waals surface area contributed by atoms with Crippen molar-refractivity contribution in [2.75, 3.05) is 26.2 Å². The molecule has 0 saturated carbocycles. The van der Waals surface area contributed by atoms with Gasteiger partial charge in [0.1, 0.15) is 0 Å². The number of hydrogen-bond donors (Lipinski definition) is 1. The summed E-state index contributed by atoms with van der Waals surface area (Å²) in [6, 6.07) is 0. The number of hydrogen-bond acceptors (Lipinski definition) is 3. The van der Waals surface area contributed by atoms with Crippen LogP contribution in [0.5, 0.6) is 0 Å². The van der Waals surface area contributed by atoms with Gasteiger partial charge in [-0.3, -0.25) is 0 Å². The van der Waals surface area contributed by atoms with Crippen LogP contribution in [0.3, 0.4) is 0 Å². The Hall–Kier alpha value is -0.770. The maximum atomic E-state index is 11.4. The summed E-state index contributed by atoms with van der Waals surface area (Å²) in [6.45, 7) is 6.69. The lowest BCUT2D eigenvalue weighted by Crippen LogP contribution is -2.44. The molecule has 0 aromatic carbocycles. The number of rotatable bonds is 2. The zero-order valence-electron chi connectivity index (χ0n) is 9.08. The lowest BCUT2D eigenvalue weighted by atomic mass is 9.81. The fourth-order valence-electron chi connectivity index (χ4n) is 1.65. The Morgan fingerprint density at radius 2 is 2.07 bits per heavy atom. The van der Waals surface area contributed by atoms with Crippen LogP contribution in [-0.2, 0) is 4.74 Å².